The summed E-state index contributed by atoms with van der Waals surface area (Å²) in [6.07, 6.45) is 2.92. The Labute approximate surface area is 128 Å². The van der Waals surface area contributed by atoms with E-state index in [2.05, 4.69) is 15.5 Å². The Hall–Kier alpha value is -2.12. The maximum Gasteiger partial charge on any atom is 0.317 e. The molecule has 2 aliphatic rings. The van der Waals surface area contributed by atoms with Gasteiger partial charge in [-0.1, -0.05) is 5.16 Å². The lowest BCUT2D eigenvalue weighted by Gasteiger charge is -2.20. The lowest BCUT2D eigenvalue weighted by Crippen LogP contribution is -2.40. The number of rotatable bonds is 3. The Morgan fingerprint density at radius 1 is 1.27 bits per heavy atom. The molecule has 1 unspecified atom stereocenters. The predicted octanol–water partition coefficient (Wildman–Crippen LogP) is 0.532. The molecule has 22 heavy (non-hydrogen) atoms. The molecule has 0 saturated carbocycles. The minimum absolute atomic E-state index is 0.0606. The number of amides is 3. The van der Waals surface area contributed by atoms with E-state index in [1.807, 2.05) is 4.90 Å². The van der Waals surface area contributed by atoms with Crippen LogP contribution in [0.3, 0.4) is 0 Å². The van der Waals surface area contributed by atoms with Gasteiger partial charge in [-0.15, -0.1) is 0 Å². The molecule has 3 rings (SSSR count). The fraction of sp³-hybridized carbons (Fsp3) is 0.714. The van der Waals surface area contributed by atoms with Crippen molar-refractivity contribution in [3.63, 3.8) is 0 Å². The summed E-state index contributed by atoms with van der Waals surface area (Å²) in [5.74, 6) is 1.06. The van der Waals surface area contributed by atoms with Crippen LogP contribution >= 0.6 is 0 Å². The monoisotopic (exact) mass is 307 g/mol. The Bertz CT molecular complexity index is 552. The van der Waals surface area contributed by atoms with Crippen LogP contribution in [0.5, 0.6) is 0 Å². The first-order valence-electron chi connectivity index (χ1n) is 7.74. The highest BCUT2D eigenvalue weighted by molar-refractivity contribution is 5.81. The van der Waals surface area contributed by atoms with Crippen molar-refractivity contribution in [1.29, 1.82) is 0 Å². The Balaban J connectivity index is 1.47. The number of aromatic nitrogens is 2. The van der Waals surface area contributed by atoms with Crippen LogP contribution in [0.4, 0.5) is 4.79 Å². The number of likely N-dealkylation sites (tertiary alicyclic amines) is 2. The zero-order valence-corrected chi connectivity index (χ0v) is 12.7. The number of nitrogens with one attached hydrogen (secondary N) is 1. The van der Waals surface area contributed by atoms with Gasteiger partial charge in [0.2, 0.25) is 11.8 Å². The molecule has 0 bridgehead atoms. The van der Waals surface area contributed by atoms with E-state index in [1.54, 1.807) is 11.8 Å². The zero-order valence-electron chi connectivity index (χ0n) is 12.7. The summed E-state index contributed by atoms with van der Waals surface area (Å²) < 4.78 is 4.95. The molecule has 2 saturated heterocycles. The van der Waals surface area contributed by atoms with Gasteiger partial charge in [0.05, 0.1) is 12.5 Å². The molecule has 1 aromatic heterocycles. The van der Waals surface area contributed by atoms with E-state index in [9.17, 15) is 9.59 Å². The first-order chi connectivity index (χ1) is 10.6. The largest absolute Gasteiger partial charge is 0.342 e. The number of urea groups is 1. The Morgan fingerprint density at radius 3 is 2.73 bits per heavy atom. The van der Waals surface area contributed by atoms with E-state index in [0.717, 1.165) is 32.4 Å². The lowest BCUT2D eigenvalue weighted by molar-refractivity contribution is -0.133. The third kappa shape index (κ3) is 3.20. The van der Waals surface area contributed by atoms with E-state index in [0.29, 0.717) is 24.8 Å². The van der Waals surface area contributed by atoms with Crippen LogP contribution in [-0.2, 0) is 11.3 Å². The van der Waals surface area contributed by atoms with E-state index in [4.69, 9.17) is 4.52 Å². The third-order valence-corrected chi connectivity index (χ3v) is 4.20. The summed E-state index contributed by atoms with van der Waals surface area (Å²) >= 11 is 0. The fourth-order valence-electron chi connectivity index (χ4n) is 3.02. The second-order valence-electron chi connectivity index (χ2n) is 5.86. The number of hydrogen-bond donors (Lipinski definition) is 1. The minimum Gasteiger partial charge on any atom is -0.342 e. The van der Waals surface area contributed by atoms with Gasteiger partial charge in [-0.2, -0.15) is 4.98 Å². The molecule has 2 aliphatic heterocycles. The summed E-state index contributed by atoms with van der Waals surface area (Å²) in [5.41, 5.74) is 0. The molecule has 1 atom stereocenters. The molecule has 0 aliphatic carbocycles. The normalized spacial score (nSPS) is 21.4. The van der Waals surface area contributed by atoms with Gasteiger partial charge in [0, 0.05) is 26.2 Å². The summed E-state index contributed by atoms with van der Waals surface area (Å²) in [7, 11) is 0. The summed E-state index contributed by atoms with van der Waals surface area (Å²) in [4.78, 5) is 32.1. The van der Waals surface area contributed by atoms with Crippen molar-refractivity contribution < 1.29 is 14.1 Å². The van der Waals surface area contributed by atoms with Crippen molar-refractivity contribution in [3.8, 4) is 0 Å². The molecule has 0 aromatic carbocycles. The van der Waals surface area contributed by atoms with Crippen LogP contribution in [0, 0.1) is 12.8 Å². The highest BCUT2D eigenvalue weighted by atomic mass is 16.5. The van der Waals surface area contributed by atoms with Gasteiger partial charge in [-0.3, -0.25) is 4.79 Å². The molecule has 8 heteroatoms. The molecule has 3 amide bonds. The van der Waals surface area contributed by atoms with Crippen LogP contribution in [0.25, 0.3) is 0 Å². The number of nitrogens with zero attached hydrogens (tertiary/aromatic N) is 4. The van der Waals surface area contributed by atoms with Crippen LogP contribution in [0.2, 0.25) is 0 Å². The molecule has 0 radical (unpaired) electrons. The first-order valence-corrected chi connectivity index (χ1v) is 7.74. The Kier molecular flexibility index (Phi) is 4.26. The molecule has 120 valence electrons. The maximum atomic E-state index is 12.3. The quantitative estimate of drug-likeness (QED) is 0.879. The van der Waals surface area contributed by atoms with Gasteiger partial charge in [0.15, 0.2) is 5.82 Å². The van der Waals surface area contributed by atoms with E-state index in [1.165, 1.54) is 0 Å². The molecule has 0 spiro atoms. The van der Waals surface area contributed by atoms with Gasteiger partial charge in [-0.05, 0) is 26.2 Å². The van der Waals surface area contributed by atoms with Gasteiger partial charge in [-0.25, -0.2) is 4.79 Å². The van der Waals surface area contributed by atoms with Crippen molar-refractivity contribution in [1.82, 2.24) is 25.3 Å². The highest BCUT2D eigenvalue weighted by Crippen LogP contribution is 2.21. The minimum atomic E-state index is -0.187. The molecule has 8 nitrogen and oxygen atoms in total. The van der Waals surface area contributed by atoms with Crippen molar-refractivity contribution in [2.45, 2.75) is 32.7 Å². The summed E-state index contributed by atoms with van der Waals surface area (Å²) in [5, 5.41) is 6.42. The average molecular weight is 307 g/mol. The zero-order chi connectivity index (χ0) is 15.5. The fourth-order valence-corrected chi connectivity index (χ4v) is 3.02. The topological polar surface area (TPSA) is 91.6 Å². The SMILES string of the molecule is Cc1noc(CNC(=O)N2CCC(C(=O)N3CCCC3)C2)n1. The van der Waals surface area contributed by atoms with Crippen LogP contribution < -0.4 is 5.32 Å². The van der Waals surface area contributed by atoms with Crippen LogP contribution in [0.1, 0.15) is 31.0 Å². The third-order valence-electron chi connectivity index (χ3n) is 4.20. The van der Waals surface area contributed by atoms with E-state index in [-0.39, 0.29) is 24.4 Å². The number of carbonyl (C=O) groups excluding carboxylic acids is 2. The van der Waals surface area contributed by atoms with Crippen molar-refractivity contribution in [3.05, 3.63) is 11.7 Å². The van der Waals surface area contributed by atoms with Crippen LogP contribution in [0.15, 0.2) is 4.52 Å². The molecule has 1 aromatic rings. The molecule has 2 fully saturated rings. The van der Waals surface area contributed by atoms with Crippen molar-refractivity contribution >= 4 is 11.9 Å². The molecule has 1 N–H and O–H groups in total. The predicted molar refractivity (Wildman–Crippen MR) is 76.8 cm³/mol. The summed E-state index contributed by atoms with van der Waals surface area (Å²) in [6.45, 7) is 4.75. The second-order valence-corrected chi connectivity index (χ2v) is 5.86. The first kappa shape index (κ1) is 14.8. The average Bonchev–Trinajstić information content (AvgIpc) is 3.25. The smallest absolute Gasteiger partial charge is 0.317 e. The summed E-state index contributed by atoms with van der Waals surface area (Å²) in [6, 6.07) is -0.187. The standard InChI is InChI=1S/C14H21N5O3/c1-10-16-12(22-17-10)8-15-14(21)19-7-4-11(9-19)13(20)18-5-2-3-6-18/h11H,2-9H2,1H3,(H,15,21). The highest BCUT2D eigenvalue weighted by Gasteiger charge is 2.34. The van der Waals surface area contributed by atoms with Gasteiger partial charge in [0.1, 0.15) is 0 Å². The van der Waals surface area contributed by atoms with Gasteiger partial charge < -0.3 is 19.6 Å². The molecular weight excluding hydrogens is 286 g/mol. The van der Waals surface area contributed by atoms with Gasteiger partial charge >= 0.3 is 6.03 Å². The maximum absolute atomic E-state index is 12.3. The van der Waals surface area contributed by atoms with Crippen molar-refractivity contribution in [2.75, 3.05) is 26.2 Å². The lowest BCUT2D eigenvalue weighted by atomic mass is 10.1. The number of hydrogen-bond acceptors (Lipinski definition) is 5. The number of aryl methyl sites for hydroxylation is 1. The molecular formula is C14H21N5O3. The van der Waals surface area contributed by atoms with Gasteiger partial charge in [0.25, 0.3) is 0 Å². The van der Waals surface area contributed by atoms with E-state index >= 15 is 0 Å². The van der Waals surface area contributed by atoms with Crippen molar-refractivity contribution in [2.24, 2.45) is 5.92 Å². The second kappa shape index (κ2) is 6.33. The molecule has 3 heterocycles. The number of carbonyl (C=O) groups is 2. The van der Waals surface area contributed by atoms with Crippen LogP contribution in [-0.4, -0.2) is 58.1 Å². The van der Waals surface area contributed by atoms with E-state index < -0.39 is 0 Å². The Morgan fingerprint density at radius 2 is 2.05 bits per heavy atom.